The van der Waals surface area contributed by atoms with Crippen molar-refractivity contribution in [2.45, 2.75) is 335 Å². The molecule has 0 aliphatic rings. The molecule has 0 amide bonds. The molecule has 0 heterocycles. The molecule has 0 aromatic heterocycles. The normalized spacial score (nSPS) is 12.5. The van der Waals surface area contributed by atoms with Crippen LogP contribution in [0.5, 0.6) is 0 Å². The summed E-state index contributed by atoms with van der Waals surface area (Å²) < 4.78 is 16.9. The lowest BCUT2D eigenvalue weighted by Gasteiger charge is -2.18. The molecule has 0 aliphatic heterocycles. The summed E-state index contributed by atoms with van der Waals surface area (Å²) >= 11 is 0. The largest absolute Gasteiger partial charge is 0.462 e. The number of allylic oxidation sites excluding steroid dienone is 12. The zero-order chi connectivity index (χ0) is 54.3. The van der Waals surface area contributed by atoms with E-state index in [9.17, 15) is 14.4 Å². The van der Waals surface area contributed by atoms with E-state index >= 15 is 0 Å². The van der Waals surface area contributed by atoms with Gasteiger partial charge in [0, 0.05) is 19.3 Å². The van der Waals surface area contributed by atoms with E-state index in [2.05, 4.69) is 93.7 Å². The van der Waals surface area contributed by atoms with Crippen molar-refractivity contribution in [1.29, 1.82) is 0 Å². The lowest BCUT2D eigenvalue weighted by atomic mass is 10.0. The highest BCUT2D eigenvalue weighted by Crippen LogP contribution is 2.17. The molecule has 0 saturated carbocycles. The number of hydrogen-bond donors (Lipinski definition) is 0. The van der Waals surface area contributed by atoms with Crippen molar-refractivity contribution in [2.24, 2.45) is 0 Å². The van der Waals surface area contributed by atoms with Gasteiger partial charge in [0.05, 0.1) is 0 Å². The van der Waals surface area contributed by atoms with Crippen LogP contribution in [0.3, 0.4) is 0 Å². The minimum Gasteiger partial charge on any atom is -0.462 e. The molecule has 0 N–H and O–H groups in total. The van der Waals surface area contributed by atoms with Gasteiger partial charge >= 0.3 is 17.9 Å². The number of carbonyl (C=O) groups is 3. The zero-order valence-corrected chi connectivity index (χ0v) is 49.8. The fraction of sp³-hybridized carbons (Fsp3) is 0.783. The first-order chi connectivity index (χ1) is 37.0. The van der Waals surface area contributed by atoms with Crippen LogP contribution in [0.1, 0.15) is 329 Å². The molecule has 6 nitrogen and oxygen atoms in total. The summed E-state index contributed by atoms with van der Waals surface area (Å²) in [6.45, 7) is 6.51. The van der Waals surface area contributed by atoms with Gasteiger partial charge in [0.1, 0.15) is 13.2 Å². The summed E-state index contributed by atoms with van der Waals surface area (Å²) in [4.78, 5) is 38.3. The van der Waals surface area contributed by atoms with Crippen LogP contribution in [-0.4, -0.2) is 37.2 Å². The minimum atomic E-state index is -0.808. The fourth-order valence-electron chi connectivity index (χ4n) is 9.36. The number of rotatable bonds is 59. The highest BCUT2D eigenvalue weighted by molar-refractivity contribution is 5.71. The van der Waals surface area contributed by atoms with Crippen LogP contribution in [0.25, 0.3) is 0 Å². The first-order valence-electron chi connectivity index (χ1n) is 32.4. The van der Waals surface area contributed by atoms with Crippen molar-refractivity contribution >= 4 is 17.9 Å². The molecule has 0 rings (SSSR count). The second kappa shape index (κ2) is 63.4. The molecule has 0 aromatic rings. The van der Waals surface area contributed by atoms with Crippen LogP contribution in [-0.2, 0) is 28.6 Å². The quantitative estimate of drug-likeness (QED) is 0.0261. The Labute approximate surface area is 465 Å². The van der Waals surface area contributed by atoms with Crippen molar-refractivity contribution in [3.8, 4) is 0 Å². The summed E-state index contributed by atoms with van der Waals surface area (Å²) in [5.41, 5.74) is 0. The Kier molecular flexibility index (Phi) is 60.7. The Morgan fingerprint density at radius 2 is 0.533 bits per heavy atom. The average molecular weight is 1050 g/mol. The van der Waals surface area contributed by atoms with Gasteiger partial charge in [-0.15, -0.1) is 0 Å². The van der Waals surface area contributed by atoms with Gasteiger partial charge in [-0.2, -0.15) is 0 Å². The second-order valence-electron chi connectivity index (χ2n) is 21.6. The first kappa shape index (κ1) is 71.8. The summed E-state index contributed by atoms with van der Waals surface area (Å²) in [6, 6.07) is 0. The molecule has 0 radical (unpaired) electrons. The Morgan fingerprint density at radius 1 is 0.280 bits per heavy atom. The summed E-state index contributed by atoms with van der Waals surface area (Å²) in [7, 11) is 0. The predicted octanol–water partition coefficient (Wildman–Crippen LogP) is 22.1. The van der Waals surface area contributed by atoms with E-state index in [1.165, 1.54) is 199 Å². The fourth-order valence-corrected chi connectivity index (χ4v) is 9.36. The van der Waals surface area contributed by atoms with Gasteiger partial charge in [-0.1, -0.05) is 299 Å². The monoisotopic (exact) mass is 1050 g/mol. The van der Waals surface area contributed by atoms with Gasteiger partial charge in [0.15, 0.2) is 6.10 Å². The molecular weight excluding hydrogens is 925 g/mol. The Hall–Kier alpha value is -3.15. The van der Waals surface area contributed by atoms with Gasteiger partial charge in [0.25, 0.3) is 0 Å². The van der Waals surface area contributed by atoms with Gasteiger partial charge in [0.2, 0.25) is 0 Å². The Bertz CT molecular complexity index is 1390. The van der Waals surface area contributed by atoms with Crippen LogP contribution in [0, 0.1) is 0 Å². The van der Waals surface area contributed by atoms with Crippen molar-refractivity contribution in [2.75, 3.05) is 13.2 Å². The lowest BCUT2D eigenvalue weighted by Crippen LogP contribution is -2.30. The third-order valence-corrected chi connectivity index (χ3v) is 14.2. The molecule has 0 saturated heterocycles. The minimum absolute atomic E-state index is 0.0978. The third kappa shape index (κ3) is 61.6. The molecule has 0 aromatic carbocycles. The number of hydrogen-bond acceptors (Lipinski definition) is 6. The number of ether oxygens (including phenoxy) is 3. The Morgan fingerprint density at radius 3 is 0.867 bits per heavy atom. The van der Waals surface area contributed by atoms with E-state index in [-0.39, 0.29) is 37.5 Å². The van der Waals surface area contributed by atoms with E-state index in [0.29, 0.717) is 19.3 Å². The third-order valence-electron chi connectivity index (χ3n) is 14.2. The summed E-state index contributed by atoms with van der Waals surface area (Å²) in [5.74, 6) is -0.951. The highest BCUT2D eigenvalue weighted by atomic mass is 16.6. The van der Waals surface area contributed by atoms with E-state index in [4.69, 9.17) is 14.2 Å². The Balaban J connectivity index is 4.31. The lowest BCUT2D eigenvalue weighted by molar-refractivity contribution is -0.167. The molecule has 0 aliphatic carbocycles. The van der Waals surface area contributed by atoms with Crippen LogP contribution in [0.4, 0.5) is 0 Å². The van der Waals surface area contributed by atoms with Crippen LogP contribution in [0.2, 0.25) is 0 Å². The van der Waals surface area contributed by atoms with Crippen molar-refractivity contribution in [3.63, 3.8) is 0 Å². The smallest absolute Gasteiger partial charge is 0.306 e. The molecule has 434 valence electrons. The standard InChI is InChI=1S/C69H122O6/c1-4-7-10-13-16-19-22-25-28-30-31-32-33-34-35-36-37-38-40-41-44-47-50-53-56-59-62-68(71)74-65-66(64-73-67(70)61-58-55-52-49-46-43-27-24-21-18-15-12-9-6-3)75-69(72)63-60-57-54-51-48-45-42-39-29-26-23-20-17-14-11-8-5-2/h8,11,17,20,24,26-27,29,42,45,51,54,66H,4-7,9-10,12-16,18-19,21-23,25,28,30-41,43-44,46-50,52-53,55-65H2,1-3H3/b11-8-,20-17-,27-24-,29-26-,45-42-,54-51-. The number of esters is 3. The molecule has 1 atom stereocenters. The molecule has 0 spiro atoms. The maximum Gasteiger partial charge on any atom is 0.306 e. The maximum atomic E-state index is 12.9. The molecule has 0 fully saturated rings. The topological polar surface area (TPSA) is 78.9 Å². The van der Waals surface area contributed by atoms with Gasteiger partial charge in [-0.25, -0.2) is 0 Å². The first-order valence-corrected chi connectivity index (χ1v) is 32.4. The molecule has 75 heavy (non-hydrogen) atoms. The summed E-state index contributed by atoms with van der Waals surface area (Å²) in [5, 5.41) is 0. The molecule has 0 bridgehead atoms. The van der Waals surface area contributed by atoms with Gasteiger partial charge in [-0.3, -0.25) is 14.4 Å². The second-order valence-corrected chi connectivity index (χ2v) is 21.6. The summed E-state index contributed by atoms with van der Waals surface area (Å²) in [6.07, 6.45) is 82.2. The highest BCUT2D eigenvalue weighted by Gasteiger charge is 2.19. The van der Waals surface area contributed by atoms with Gasteiger partial charge in [-0.05, 0) is 83.5 Å². The van der Waals surface area contributed by atoms with Crippen molar-refractivity contribution in [1.82, 2.24) is 0 Å². The van der Waals surface area contributed by atoms with E-state index in [1.54, 1.807) is 0 Å². The predicted molar refractivity (Wildman–Crippen MR) is 325 cm³/mol. The van der Waals surface area contributed by atoms with Crippen LogP contribution >= 0.6 is 0 Å². The van der Waals surface area contributed by atoms with E-state index in [1.807, 2.05) is 0 Å². The van der Waals surface area contributed by atoms with Gasteiger partial charge < -0.3 is 14.2 Å². The molecule has 6 heteroatoms. The average Bonchev–Trinajstić information content (AvgIpc) is 3.41. The van der Waals surface area contributed by atoms with Crippen LogP contribution in [0.15, 0.2) is 72.9 Å². The SMILES string of the molecule is CC/C=C\C/C=C\C/C=C\C/C=C\C/C=C\CCCC(=O)OC(COC(=O)CCCCCCC/C=C\CCCCCCC)COC(=O)CCCCCCCCCCCCCCCCCCCCCCCCCCCC. The van der Waals surface area contributed by atoms with Crippen molar-refractivity contribution in [3.05, 3.63) is 72.9 Å². The number of carbonyl (C=O) groups excluding carboxylic acids is 3. The number of unbranched alkanes of at least 4 members (excludes halogenated alkanes) is 36. The van der Waals surface area contributed by atoms with Crippen molar-refractivity contribution < 1.29 is 28.6 Å². The van der Waals surface area contributed by atoms with E-state index in [0.717, 1.165) is 83.5 Å². The van der Waals surface area contributed by atoms with E-state index < -0.39 is 6.10 Å². The molecular formula is C69H122O6. The molecule has 1 unspecified atom stereocenters. The zero-order valence-electron chi connectivity index (χ0n) is 49.8. The maximum absolute atomic E-state index is 12.9. The van der Waals surface area contributed by atoms with Crippen LogP contribution < -0.4 is 0 Å².